The van der Waals surface area contributed by atoms with Crippen LogP contribution < -0.4 is 4.90 Å². The Morgan fingerprint density at radius 2 is 1.48 bits per heavy atom. The summed E-state index contributed by atoms with van der Waals surface area (Å²) in [5.74, 6) is 0. The highest BCUT2D eigenvalue weighted by molar-refractivity contribution is 5.51. The van der Waals surface area contributed by atoms with Crippen LogP contribution in [0.15, 0.2) is 24.3 Å². The number of hydrogen-bond acceptors (Lipinski definition) is 6. The van der Waals surface area contributed by atoms with Crippen LogP contribution in [0.2, 0.25) is 0 Å². The number of nitriles is 3. The first-order chi connectivity index (χ1) is 10.2. The third-order valence-electron chi connectivity index (χ3n) is 3.19. The molecular formula is C15H16N4O2. The number of nitrogens with zero attached hydrogens (tertiary/aromatic N) is 4. The Morgan fingerprint density at radius 1 is 0.952 bits per heavy atom. The van der Waals surface area contributed by atoms with E-state index < -0.39 is 5.41 Å². The molecule has 6 nitrogen and oxygen atoms in total. The zero-order valence-corrected chi connectivity index (χ0v) is 11.5. The molecule has 0 heterocycles. The zero-order valence-electron chi connectivity index (χ0n) is 11.5. The van der Waals surface area contributed by atoms with Gasteiger partial charge in [0.1, 0.15) is 0 Å². The van der Waals surface area contributed by atoms with Crippen LogP contribution in [0.1, 0.15) is 12.0 Å². The van der Waals surface area contributed by atoms with Gasteiger partial charge in [-0.2, -0.15) is 15.8 Å². The minimum Gasteiger partial charge on any atom is -0.395 e. The van der Waals surface area contributed by atoms with Crippen molar-refractivity contribution in [2.75, 3.05) is 31.2 Å². The summed E-state index contributed by atoms with van der Waals surface area (Å²) in [4.78, 5) is 1.79. The summed E-state index contributed by atoms with van der Waals surface area (Å²) in [6, 6.07) is 12.3. The van der Waals surface area contributed by atoms with E-state index in [1.165, 1.54) is 0 Å². The van der Waals surface area contributed by atoms with Gasteiger partial charge in [0.2, 0.25) is 0 Å². The molecule has 0 atom stereocenters. The monoisotopic (exact) mass is 284 g/mol. The van der Waals surface area contributed by atoms with Gasteiger partial charge in [-0.1, -0.05) is 12.1 Å². The van der Waals surface area contributed by atoms with E-state index in [4.69, 9.17) is 15.5 Å². The van der Waals surface area contributed by atoms with Gasteiger partial charge in [-0.15, -0.1) is 0 Å². The van der Waals surface area contributed by atoms with E-state index in [2.05, 4.69) is 0 Å². The van der Waals surface area contributed by atoms with Crippen molar-refractivity contribution in [3.05, 3.63) is 29.8 Å². The Morgan fingerprint density at radius 3 is 1.86 bits per heavy atom. The second-order valence-corrected chi connectivity index (χ2v) is 4.44. The lowest BCUT2D eigenvalue weighted by molar-refractivity contribution is 0.281. The normalized spacial score (nSPS) is 10.2. The summed E-state index contributed by atoms with van der Waals surface area (Å²) >= 11 is 0. The predicted molar refractivity (Wildman–Crippen MR) is 76.0 cm³/mol. The number of anilines is 1. The highest BCUT2D eigenvalue weighted by atomic mass is 16.3. The quantitative estimate of drug-likeness (QED) is 0.760. The topological polar surface area (TPSA) is 115 Å². The molecule has 0 aliphatic rings. The summed E-state index contributed by atoms with van der Waals surface area (Å²) in [7, 11) is 0. The second-order valence-electron chi connectivity index (χ2n) is 4.44. The summed E-state index contributed by atoms with van der Waals surface area (Å²) in [6.45, 7) is 0.659. The lowest BCUT2D eigenvalue weighted by atomic mass is 9.81. The molecule has 0 unspecified atom stereocenters. The maximum Gasteiger partial charge on any atom is 0.181 e. The second kappa shape index (κ2) is 7.87. The maximum atomic E-state index is 9.21. The lowest BCUT2D eigenvalue weighted by Gasteiger charge is -2.24. The fourth-order valence-corrected chi connectivity index (χ4v) is 2.02. The summed E-state index contributed by atoms with van der Waals surface area (Å²) in [6.07, 6.45) is -0.198. The van der Waals surface area contributed by atoms with Crippen molar-refractivity contribution in [2.24, 2.45) is 0 Å². The Kier molecular flexibility index (Phi) is 6.17. The molecular weight excluding hydrogens is 268 g/mol. The van der Waals surface area contributed by atoms with Crippen LogP contribution in [0.4, 0.5) is 5.69 Å². The third kappa shape index (κ3) is 3.70. The molecule has 0 bridgehead atoms. The fraction of sp³-hybridized carbons (Fsp3) is 0.400. The van der Waals surface area contributed by atoms with E-state index in [9.17, 15) is 10.5 Å². The van der Waals surface area contributed by atoms with Gasteiger partial charge >= 0.3 is 0 Å². The molecule has 0 fully saturated rings. The van der Waals surface area contributed by atoms with Gasteiger partial charge in [0, 0.05) is 18.8 Å². The predicted octanol–water partition coefficient (Wildman–Crippen LogP) is 0.676. The molecule has 0 amide bonds. The SMILES string of the molecule is N#CCC(C#N)(C#N)c1ccc(N(CCO)CCO)cc1. The molecule has 0 aromatic heterocycles. The number of benzene rings is 1. The minimum atomic E-state index is -1.47. The average Bonchev–Trinajstić information content (AvgIpc) is 2.53. The van der Waals surface area contributed by atoms with Gasteiger partial charge in [-0.25, -0.2) is 0 Å². The Balaban J connectivity index is 3.09. The van der Waals surface area contributed by atoms with Gasteiger partial charge in [-0.3, -0.25) is 0 Å². The van der Waals surface area contributed by atoms with Crippen molar-refractivity contribution in [3.8, 4) is 18.2 Å². The van der Waals surface area contributed by atoms with Gasteiger partial charge in [0.15, 0.2) is 5.41 Å². The van der Waals surface area contributed by atoms with E-state index in [0.717, 1.165) is 5.69 Å². The van der Waals surface area contributed by atoms with E-state index in [0.29, 0.717) is 18.7 Å². The van der Waals surface area contributed by atoms with Crippen LogP contribution in [-0.2, 0) is 5.41 Å². The van der Waals surface area contributed by atoms with Crippen LogP contribution in [0.3, 0.4) is 0 Å². The Hall–Kier alpha value is -2.59. The standard InChI is InChI=1S/C15H16N4O2/c16-6-5-15(11-17,12-18)13-1-3-14(4-2-13)19(7-9-20)8-10-21/h1-4,20-21H,5,7-10H2. The van der Waals surface area contributed by atoms with Gasteiger partial charge < -0.3 is 15.1 Å². The van der Waals surface area contributed by atoms with E-state index in [1.807, 2.05) is 18.2 Å². The first-order valence-electron chi connectivity index (χ1n) is 6.44. The fourth-order valence-electron chi connectivity index (χ4n) is 2.02. The van der Waals surface area contributed by atoms with Crippen LogP contribution in [0, 0.1) is 34.0 Å². The van der Waals surface area contributed by atoms with Crippen molar-refractivity contribution >= 4 is 5.69 Å². The Labute approximate surface area is 123 Å². The minimum absolute atomic E-state index is 0.0451. The van der Waals surface area contributed by atoms with E-state index >= 15 is 0 Å². The van der Waals surface area contributed by atoms with Crippen LogP contribution in [0.25, 0.3) is 0 Å². The zero-order chi connectivity index (χ0) is 15.7. The van der Waals surface area contributed by atoms with Crippen LogP contribution in [-0.4, -0.2) is 36.5 Å². The molecule has 0 aliphatic heterocycles. The van der Waals surface area contributed by atoms with Gasteiger partial charge in [0.05, 0.1) is 37.8 Å². The molecule has 108 valence electrons. The molecule has 0 saturated heterocycles. The molecule has 21 heavy (non-hydrogen) atoms. The largest absolute Gasteiger partial charge is 0.395 e. The van der Waals surface area contributed by atoms with Crippen LogP contribution >= 0.6 is 0 Å². The van der Waals surface area contributed by atoms with Gasteiger partial charge in [-0.05, 0) is 17.7 Å². The average molecular weight is 284 g/mol. The van der Waals surface area contributed by atoms with Crippen LogP contribution in [0.5, 0.6) is 0 Å². The first kappa shape index (κ1) is 16.5. The highest BCUT2D eigenvalue weighted by Crippen LogP contribution is 2.28. The molecule has 1 rings (SSSR count). The van der Waals surface area contributed by atoms with Crippen molar-refractivity contribution in [2.45, 2.75) is 11.8 Å². The summed E-state index contributed by atoms with van der Waals surface area (Å²) in [5, 5.41) is 45.2. The number of hydrogen-bond donors (Lipinski definition) is 2. The molecule has 0 saturated carbocycles. The van der Waals surface area contributed by atoms with Crippen molar-refractivity contribution < 1.29 is 10.2 Å². The lowest BCUT2D eigenvalue weighted by Crippen LogP contribution is -2.29. The molecule has 6 heteroatoms. The molecule has 1 aromatic carbocycles. The number of rotatable bonds is 7. The molecule has 0 radical (unpaired) electrons. The maximum absolute atomic E-state index is 9.21. The molecule has 0 aliphatic carbocycles. The van der Waals surface area contributed by atoms with E-state index in [1.54, 1.807) is 29.2 Å². The highest BCUT2D eigenvalue weighted by Gasteiger charge is 2.32. The third-order valence-corrected chi connectivity index (χ3v) is 3.19. The molecule has 0 spiro atoms. The first-order valence-corrected chi connectivity index (χ1v) is 6.44. The van der Waals surface area contributed by atoms with Gasteiger partial charge in [0.25, 0.3) is 0 Å². The van der Waals surface area contributed by atoms with Crippen molar-refractivity contribution in [1.82, 2.24) is 0 Å². The number of aliphatic hydroxyl groups is 2. The van der Waals surface area contributed by atoms with Crippen molar-refractivity contribution in [1.29, 1.82) is 15.8 Å². The van der Waals surface area contributed by atoms with E-state index in [-0.39, 0.29) is 19.6 Å². The summed E-state index contributed by atoms with van der Waals surface area (Å²) in [5.41, 5.74) is -0.235. The summed E-state index contributed by atoms with van der Waals surface area (Å²) < 4.78 is 0. The molecule has 1 aromatic rings. The molecule has 2 N–H and O–H groups in total. The Bertz CT molecular complexity index is 558. The van der Waals surface area contributed by atoms with Crippen molar-refractivity contribution in [3.63, 3.8) is 0 Å². The smallest absolute Gasteiger partial charge is 0.181 e. The number of aliphatic hydroxyl groups excluding tert-OH is 2.